The molecule has 32 heavy (non-hydrogen) atoms. The zero-order valence-electron chi connectivity index (χ0n) is 21.0. The normalized spacial score (nSPS) is 11.9. The van der Waals surface area contributed by atoms with Crippen molar-refractivity contribution in [1.82, 2.24) is 10.6 Å². The van der Waals surface area contributed by atoms with Crippen molar-refractivity contribution >= 4 is 37.1 Å². The molecule has 189 valence electrons. The van der Waals surface area contributed by atoms with Gasteiger partial charge < -0.3 is 35.9 Å². The van der Waals surface area contributed by atoms with E-state index in [9.17, 15) is 9.59 Å². The summed E-state index contributed by atoms with van der Waals surface area (Å²) in [6, 6.07) is 0. The molecule has 0 aliphatic rings. The molecule has 0 saturated heterocycles. The van der Waals surface area contributed by atoms with Crippen LogP contribution in [0.3, 0.4) is 0 Å². The van der Waals surface area contributed by atoms with E-state index in [1.807, 2.05) is 13.8 Å². The number of rotatable bonds is 18. The Kier molecular flexibility index (Phi) is 35.5. The zero-order valence-corrected chi connectivity index (χ0v) is 24.0. The van der Waals surface area contributed by atoms with Gasteiger partial charge in [0.25, 0.3) is 0 Å². The van der Waals surface area contributed by atoms with E-state index in [2.05, 4.69) is 24.5 Å². The molecule has 0 aliphatic heterocycles. The second-order valence-electron chi connectivity index (χ2n) is 8.25. The summed E-state index contributed by atoms with van der Waals surface area (Å²) in [5.74, 6) is 1.22. The van der Waals surface area contributed by atoms with Crippen LogP contribution in [-0.2, 0) is 55.9 Å². The number of hydrogen-bond acceptors (Lipinski definition) is 5. The van der Waals surface area contributed by atoms with Gasteiger partial charge in [0.1, 0.15) is 0 Å². The summed E-state index contributed by atoms with van der Waals surface area (Å²) >= 11 is 10.7. The van der Waals surface area contributed by atoms with E-state index in [0.29, 0.717) is 11.5 Å². The van der Waals surface area contributed by atoms with Gasteiger partial charge in [0.15, 0.2) is 0 Å². The standard InChI is InChI=1S/2C12H25NOS.O.V/c2*1-3-4-5-6-7-8-9-13-12(14)11(2)10-15;;/h2*11,15H,3-10H2,1-2H3,(H,13,14);;/q;;;+2/p-2/t2*11-;;/m00../s1. The molecule has 0 rings (SSSR count). The molecule has 0 aromatic carbocycles. The fraction of sp³-hybridized carbons (Fsp3) is 0.917. The van der Waals surface area contributed by atoms with E-state index in [-0.39, 0.29) is 23.7 Å². The fourth-order valence-electron chi connectivity index (χ4n) is 2.73. The molecule has 0 radical (unpaired) electrons. The van der Waals surface area contributed by atoms with Crippen molar-refractivity contribution in [2.45, 2.75) is 105 Å². The molecule has 0 bridgehead atoms. The van der Waals surface area contributed by atoms with Gasteiger partial charge >= 0.3 is 21.0 Å². The first-order chi connectivity index (χ1) is 15.4. The Morgan fingerprint density at radius 1 is 0.625 bits per heavy atom. The van der Waals surface area contributed by atoms with E-state index in [1.54, 1.807) is 0 Å². The van der Waals surface area contributed by atoms with Crippen LogP contribution in [0, 0.1) is 11.8 Å². The number of unbranched alkanes of at least 4 members (excludes halogenated alkanes) is 10. The molecule has 0 spiro atoms. The Balaban J connectivity index is -0.000000487. The van der Waals surface area contributed by atoms with Crippen LogP contribution in [0.2, 0.25) is 0 Å². The average Bonchev–Trinajstić information content (AvgIpc) is 2.83. The van der Waals surface area contributed by atoms with Crippen LogP contribution in [0.1, 0.15) is 105 Å². The van der Waals surface area contributed by atoms with Crippen LogP contribution in [0.25, 0.3) is 0 Å². The summed E-state index contributed by atoms with van der Waals surface area (Å²) < 4.78 is 8.19. The molecule has 0 aliphatic carbocycles. The summed E-state index contributed by atoms with van der Waals surface area (Å²) in [7, 11) is 0. The monoisotopic (exact) mass is 527 g/mol. The zero-order chi connectivity index (χ0) is 25.0. The molecule has 0 fully saturated rings. The Labute approximate surface area is 218 Å². The van der Waals surface area contributed by atoms with Gasteiger partial charge in [-0.1, -0.05) is 91.9 Å². The quantitative estimate of drug-likeness (QED) is 0.190. The molecule has 5 nitrogen and oxygen atoms in total. The van der Waals surface area contributed by atoms with Crippen LogP contribution in [0.4, 0.5) is 0 Å². The van der Waals surface area contributed by atoms with Crippen molar-refractivity contribution < 1.29 is 30.6 Å². The predicted octanol–water partition coefficient (Wildman–Crippen LogP) is 5.17. The summed E-state index contributed by atoms with van der Waals surface area (Å²) in [6.45, 7) is 9.81. The number of nitrogens with one attached hydrogen (secondary N) is 2. The Hall–Kier alpha value is 0.0244. The second kappa shape index (κ2) is 31.0. The predicted molar refractivity (Wildman–Crippen MR) is 136 cm³/mol. The van der Waals surface area contributed by atoms with Crippen LogP contribution in [0.15, 0.2) is 0 Å². The SMILES string of the molecule is CCCCCCCCNC(=O)[C@@H](C)C[S-].CCCCCCCCNC(=O)[C@@H](C)C[S-].[O]=[V+2]. The van der Waals surface area contributed by atoms with Gasteiger partial charge in [-0.05, 0) is 12.8 Å². The van der Waals surface area contributed by atoms with Gasteiger partial charge in [0.2, 0.25) is 11.8 Å². The van der Waals surface area contributed by atoms with E-state index in [4.69, 9.17) is 28.9 Å². The van der Waals surface area contributed by atoms with Crippen molar-refractivity contribution in [3.8, 4) is 0 Å². The van der Waals surface area contributed by atoms with Gasteiger partial charge in [0, 0.05) is 24.9 Å². The van der Waals surface area contributed by atoms with E-state index >= 15 is 0 Å². The Bertz CT molecular complexity index is 383. The van der Waals surface area contributed by atoms with Gasteiger partial charge in [0.05, 0.1) is 0 Å². The molecule has 0 saturated carbocycles. The molecule has 0 aromatic rings. The van der Waals surface area contributed by atoms with Crippen molar-refractivity contribution in [3.63, 3.8) is 0 Å². The third-order valence-corrected chi connectivity index (χ3v) is 6.05. The second-order valence-corrected chi connectivity index (χ2v) is 8.92. The molecule has 0 heterocycles. The van der Waals surface area contributed by atoms with E-state index < -0.39 is 0 Å². The summed E-state index contributed by atoms with van der Waals surface area (Å²) in [5, 5.41) is 5.84. The summed E-state index contributed by atoms with van der Waals surface area (Å²) in [6.07, 6.45) is 15.1. The number of carbonyl (C=O) groups excluding carboxylic acids is 2. The van der Waals surface area contributed by atoms with Gasteiger partial charge in [-0.3, -0.25) is 9.59 Å². The molecular weight excluding hydrogens is 479 g/mol. The minimum atomic E-state index is -0.0138. The fourth-order valence-corrected chi connectivity index (χ4v) is 3.04. The van der Waals surface area contributed by atoms with Crippen molar-refractivity contribution in [2.24, 2.45) is 11.8 Å². The Morgan fingerprint density at radius 3 is 1.19 bits per heavy atom. The summed E-state index contributed by atoms with van der Waals surface area (Å²) in [5.41, 5.74) is 0. The minimum absolute atomic E-state index is 0.0138. The van der Waals surface area contributed by atoms with Crippen molar-refractivity contribution in [1.29, 1.82) is 0 Å². The number of carbonyl (C=O) groups is 2. The van der Waals surface area contributed by atoms with E-state index in [0.717, 1.165) is 43.3 Å². The van der Waals surface area contributed by atoms with Crippen LogP contribution >= 0.6 is 0 Å². The van der Waals surface area contributed by atoms with Gasteiger partial charge in [-0.15, -0.1) is 0 Å². The van der Waals surface area contributed by atoms with Crippen LogP contribution < -0.4 is 10.6 Å². The summed E-state index contributed by atoms with van der Waals surface area (Å²) in [4.78, 5) is 22.7. The Morgan fingerprint density at radius 2 is 0.906 bits per heavy atom. The van der Waals surface area contributed by atoms with Gasteiger partial charge in [-0.2, -0.15) is 11.5 Å². The van der Waals surface area contributed by atoms with Crippen molar-refractivity contribution in [2.75, 3.05) is 24.6 Å². The maximum atomic E-state index is 11.3. The first kappa shape index (κ1) is 36.6. The van der Waals surface area contributed by atoms with Crippen LogP contribution in [0.5, 0.6) is 0 Å². The van der Waals surface area contributed by atoms with Crippen LogP contribution in [-0.4, -0.2) is 36.4 Å². The third kappa shape index (κ3) is 28.1. The molecule has 2 amide bonds. The average molecular weight is 528 g/mol. The topological polar surface area (TPSA) is 75.3 Å². The molecule has 8 heteroatoms. The first-order valence-corrected chi connectivity index (χ1v) is 14.1. The number of amides is 2. The third-order valence-electron chi connectivity index (χ3n) is 5.05. The molecular formula is C24H48N2O3S2V. The number of hydrogen-bond donors (Lipinski definition) is 2. The maximum absolute atomic E-state index is 11.3. The molecule has 0 aromatic heterocycles. The molecule has 0 unspecified atom stereocenters. The van der Waals surface area contributed by atoms with Gasteiger partial charge in [-0.25, -0.2) is 0 Å². The van der Waals surface area contributed by atoms with Crippen molar-refractivity contribution in [3.05, 3.63) is 0 Å². The molecule has 2 N–H and O–H groups in total. The first-order valence-electron chi connectivity index (χ1n) is 12.3. The molecule has 2 atom stereocenters. The van der Waals surface area contributed by atoms with E-state index in [1.165, 1.54) is 64.2 Å².